The number of hydrazone groups is 1. The van der Waals surface area contributed by atoms with E-state index in [0.29, 0.717) is 11.5 Å². The fraction of sp³-hybridized carbons (Fsp3) is 0.364. The molecule has 0 aromatic heterocycles. The van der Waals surface area contributed by atoms with Crippen molar-refractivity contribution in [2.45, 2.75) is 32.8 Å². The number of benzene rings is 2. The van der Waals surface area contributed by atoms with Crippen molar-refractivity contribution in [2.24, 2.45) is 5.10 Å². The maximum Gasteiger partial charge on any atom is 0.284 e. The van der Waals surface area contributed by atoms with Gasteiger partial charge in [0, 0.05) is 18.8 Å². The van der Waals surface area contributed by atoms with E-state index in [-0.39, 0.29) is 12.5 Å². The molecule has 6 nitrogen and oxygen atoms in total. The zero-order valence-electron chi connectivity index (χ0n) is 16.4. The standard InChI is InChI=1S/C22H27N3O3/c1-3-13-25(14-4-2)18-11-9-17(10-12-18)15-23-24-22(26)21-16-27-19-7-5-6-8-20(19)28-21/h5-12,15,21H,3-4,13-14,16H2,1-2H3,(H,24,26)/b23-15-/t21-/m0/s1. The smallest absolute Gasteiger partial charge is 0.284 e. The maximum absolute atomic E-state index is 12.2. The molecule has 0 saturated heterocycles. The van der Waals surface area contributed by atoms with Crippen molar-refractivity contribution in [1.29, 1.82) is 0 Å². The molecular weight excluding hydrogens is 354 g/mol. The first kappa shape index (κ1) is 19.7. The van der Waals surface area contributed by atoms with Gasteiger partial charge in [-0.15, -0.1) is 0 Å². The van der Waals surface area contributed by atoms with Crippen LogP contribution in [0.25, 0.3) is 0 Å². The van der Waals surface area contributed by atoms with Crippen LogP contribution in [0.1, 0.15) is 32.3 Å². The summed E-state index contributed by atoms with van der Waals surface area (Å²) >= 11 is 0. The summed E-state index contributed by atoms with van der Waals surface area (Å²) in [6.45, 7) is 6.63. The molecule has 0 saturated carbocycles. The largest absolute Gasteiger partial charge is 0.485 e. The summed E-state index contributed by atoms with van der Waals surface area (Å²) in [5, 5.41) is 4.05. The highest BCUT2D eigenvalue weighted by Gasteiger charge is 2.26. The Kier molecular flexibility index (Phi) is 6.89. The molecule has 3 rings (SSSR count). The van der Waals surface area contributed by atoms with Gasteiger partial charge in [0.25, 0.3) is 5.91 Å². The van der Waals surface area contributed by atoms with Crippen LogP contribution < -0.4 is 19.8 Å². The summed E-state index contributed by atoms with van der Waals surface area (Å²) in [4.78, 5) is 14.6. The Hall–Kier alpha value is -3.02. The quantitative estimate of drug-likeness (QED) is 0.561. The van der Waals surface area contributed by atoms with Crippen molar-refractivity contribution in [1.82, 2.24) is 5.43 Å². The fourth-order valence-electron chi connectivity index (χ4n) is 3.07. The van der Waals surface area contributed by atoms with Crippen molar-refractivity contribution < 1.29 is 14.3 Å². The molecular formula is C22H27N3O3. The first-order valence-electron chi connectivity index (χ1n) is 9.77. The maximum atomic E-state index is 12.2. The summed E-state index contributed by atoms with van der Waals surface area (Å²) in [6.07, 6.45) is 3.15. The molecule has 1 heterocycles. The highest BCUT2D eigenvalue weighted by atomic mass is 16.6. The van der Waals surface area contributed by atoms with E-state index in [4.69, 9.17) is 9.47 Å². The van der Waals surface area contributed by atoms with E-state index in [1.165, 1.54) is 5.69 Å². The Morgan fingerprint density at radius 1 is 1.11 bits per heavy atom. The molecule has 1 N–H and O–H groups in total. The van der Waals surface area contributed by atoms with Crippen LogP contribution in [0.15, 0.2) is 53.6 Å². The molecule has 0 unspecified atom stereocenters. The van der Waals surface area contributed by atoms with Gasteiger partial charge in [0.05, 0.1) is 6.21 Å². The Balaban J connectivity index is 1.54. The number of anilines is 1. The number of carbonyl (C=O) groups is 1. The van der Waals surface area contributed by atoms with E-state index >= 15 is 0 Å². The number of para-hydroxylation sites is 2. The second-order valence-corrected chi connectivity index (χ2v) is 6.68. The van der Waals surface area contributed by atoms with Crippen molar-refractivity contribution >= 4 is 17.8 Å². The third-order valence-corrected chi connectivity index (χ3v) is 4.43. The third kappa shape index (κ3) is 5.03. The molecule has 1 aliphatic heterocycles. The fourth-order valence-corrected chi connectivity index (χ4v) is 3.07. The summed E-state index contributed by atoms with van der Waals surface area (Å²) in [6, 6.07) is 15.5. The lowest BCUT2D eigenvalue weighted by molar-refractivity contribution is -0.130. The molecule has 1 aliphatic rings. The molecule has 1 atom stereocenters. The predicted molar refractivity (Wildman–Crippen MR) is 111 cm³/mol. The SMILES string of the molecule is CCCN(CCC)c1ccc(/C=N\NC(=O)[C@@H]2COc3ccccc3O2)cc1. The van der Waals surface area contributed by atoms with Gasteiger partial charge >= 0.3 is 0 Å². The number of carbonyl (C=O) groups excluding carboxylic acids is 1. The van der Waals surface area contributed by atoms with Gasteiger partial charge in [-0.05, 0) is 42.7 Å². The first-order valence-corrected chi connectivity index (χ1v) is 9.77. The Morgan fingerprint density at radius 2 is 1.79 bits per heavy atom. The number of fused-ring (bicyclic) bond motifs is 1. The van der Waals surface area contributed by atoms with Gasteiger partial charge in [0.15, 0.2) is 11.5 Å². The van der Waals surface area contributed by atoms with Gasteiger partial charge in [-0.2, -0.15) is 5.10 Å². The van der Waals surface area contributed by atoms with Crippen molar-refractivity contribution in [3.8, 4) is 11.5 Å². The Morgan fingerprint density at radius 3 is 2.46 bits per heavy atom. The first-order chi connectivity index (χ1) is 13.7. The topological polar surface area (TPSA) is 63.2 Å². The molecule has 0 fully saturated rings. The number of rotatable bonds is 8. The van der Waals surface area contributed by atoms with E-state index in [9.17, 15) is 4.79 Å². The van der Waals surface area contributed by atoms with Crippen LogP contribution in [0, 0.1) is 0 Å². The Bertz CT molecular complexity index is 799. The minimum absolute atomic E-state index is 0.164. The number of hydrogen-bond donors (Lipinski definition) is 1. The van der Waals surface area contributed by atoms with Crippen LogP contribution >= 0.6 is 0 Å². The average Bonchev–Trinajstić information content (AvgIpc) is 2.73. The summed E-state index contributed by atoms with van der Waals surface area (Å²) in [7, 11) is 0. The monoisotopic (exact) mass is 381 g/mol. The highest BCUT2D eigenvalue weighted by molar-refractivity contribution is 5.85. The number of amides is 1. The number of nitrogens with zero attached hydrogens (tertiary/aromatic N) is 2. The minimum atomic E-state index is -0.717. The van der Waals surface area contributed by atoms with E-state index in [0.717, 1.165) is 31.5 Å². The predicted octanol–water partition coefficient (Wildman–Crippen LogP) is 3.60. The second-order valence-electron chi connectivity index (χ2n) is 6.68. The van der Waals surface area contributed by atoms with Crippen LogP contribution in [0.3, 0.4) is 0 Å². The molecule has 28 heavy (non-hydrogen) atoms. The minimum Gasteiger partial charge on any atom is -0.485 e. The third-order valence-electron chi connectivity index (χ3n) is 4.43. The number of hydrogen-bond acceptors (Lipinski definition) is 5. The van der Waals surface area contributed by atoms with Crippen molar-refractivity contribution in [3.63, 3.8) is 0 Å². The van der Waals surface area contributed by atoms with E-state index in [2.05, 4.69) is 41.4 Å². The van der Waals surface area contributed by atoms with E-state index < -0.39 is 6.10 Å². The average molecular weight is 381 g/mol. The van der Waals surface area contributed by atoms with Crippen LogP contribution in [-0.2, 0) is 4.79 Å². The molecule has 1 amide bonds. The van der Waals surface area contributed by atoms with Crippen LogP contribution in [0.4, 0.5) is 5.69 Å². The lowest BCUT2D eigenvalue weighted by Gasteiger charge is -2.24. The van der Waals surface area contributed by atoms with Gasteiger partial charge < -0.3 is 14.4 Å². The molecule has 2 aromatic carbocycles. The van der Waals surface area contributed by atoms with Crippen molar-refractivity contribution in [2.75, 3.05) is 24.6 Å². The molecule has 0 radical (unpaired) electrons. The Labute approximate surface area is 166 Å². The normalized spacial score (nSPS) is 15.4. The van der Waals surface area contributed by atoms with E-state index in [1.54, 1.807) is 12.3 Å². The van der Waals surface area contributed by atoms with E-state index in [1.807, 2.05) is 30.3 Å². The molecule has 0 bridgehead atoms. The van der Waals surface area contributed by atoms with Crippen LogP contribution in [0.2, 0.25) is 0 Å². The van der Waals surface area contributed by atoms with Crippen molar-refractivity contribution in [3.05, 3.63) is 54.1 Å². The lowest BCUT2D eigenvalue weighted by Crippen LogP contribution is -2.42. The van der Waals surface area contributed by atoms with Gasteiger partial charge in [0.1, 0.15) is 6.61 Å². The molecule has 0 spiro atoms. The van der Waals surface area contributed by atoms with Gasteiger partial charge in [-0.3, -0.25) is 4.79 Å². The zero-order chi connectivity index (χ0) is 19.8. The summed E-state index contributed by atoms with van der Waals surface area (Å²) in [5.74, 6) is 0.881. The molecule has 148 valence electrons. The van der Waals surface area contributed by atoms with Crippen LogP contribution in [0.5, 0.6) is 11.5 Å². The highest BCUT2D eigenvalue weighted by Crippen LogP contribution is 2.30. The number of nitrogens with one attached hydrogen (secondary N) is 1. The number of ether oxygens (including phenoxy) is 2. The van der Waals surface area contributed by atoms with Gasteiger partial charge in [-0.25, -0.2) is 5.43 Å². The molecule has 6 heteroatoms. The molecule has 2 aromatic rings. The van der Waals surface area contributed by atoms with Gasteiger partial charge in [-0.1, -0.05) is 38.1 Å². The zero-order valence-corrected chi connectivity index (χ0v) is 16.4. The second kappa shape index (κ2) is 9.78. The van der Waals surface area contributed by atoms with Gasteiger partial charge in [0.2, 0.25) is 6.10 Å². The molecule has 0 aliphatic carbocycles. The van der Waals surface area contributed by atoms with Crippen LogP contribution in [-0.4, -0.2) is 37.9 Å². The summed E-state index contributed by atoms with van der Waals surface area (Å²) in [5.41, 5.74) is 4.65. The summed E-state index contributed by atoms with van der Waals surface area (Å²) < 4.78 is 11.2. The lowest BCUT2D eigenvalue weighted by atomic mass is 10.2.